The molecule has 0 fully saturated rings. The summed E-state index contributed by atoms with van der Waals surface area (Å²) in [6.07, 6.45) is 0.838. The van der Waals surface area contributed by atoms with Gasteiger partial charge in [-0.3, -0.25) is 14.2 Å². The Morgan fingerprint density at radius 3 is 2.38 bits per heavy atom. The van der Waals surface area contributed by atoms with E-state index in [9.17, 15) is 18.0 Å². The van der Waals surface area contributed by atoms with Gasteiger partial charge in [-0.1, -0.05) is 48.2 Å². The molecule has 10 nitrogen and oxygen atoms in total. The first-order chi connectivity index (χ1) is 19.3. The maximum atomic E-state index is 13.1. The molecule has 0 bridgehead atoms. The van der Waals surface area contributed by atoms with Crippen LogP contribution in [0.5, 0.6) is 0 Å². The predicted molar refractivity (Wildman–Crippen MR) is 153 cm³/mol. The van der Waals surface area contributed by atoms with Crippen molar-refractivity contribution in [3.63, 3.8) is 0 Å². The summed E-state index contributed by atoms with van der Waals surface area (Å²) in [6.45, 7) is 0.732. The van der Waals surface area contributed by atoms with Crippen LogP contribution in [-0.2, 0) is 27.8 Å². The Morgan fingerprint density at radius 1 is 0.950 bits per heavy atom. The van der Waals surface area contributed by atoms with Gasteiger partial charge in [0.05, 0.1) is 17.2 Å². The summed E-state index contributed by atoms with van der Waals surface area (Å²) in [6, 6.07) is 23.2. The van der Waals surface area contributed by atoms with Crippen molar-refractivity contribution in [2.45, 2.75) is 23.0 Å². The lowest BCUT2D eigenvalue weighted by molar-refractivity contribution is -0.116. The van der Waals surface area contributed by atoms with Crippen molar-refractivity contribution in [1.82, 2.24) is 24.4 Å². The molecule has 0 unspecified atom stereocenters. The molecule has 4 aromatic rings. The molecule has 0 saturated heterocycles. The number of hydrogen-bond acceptors (Lipinski definition) is 7. The summed E-state index contributed by atoms with van der Waals surface area (Å²) in [5, 5.41) is 12.0. The maximum absolute atomic E-state index is 13.1. The molecule has 12 heteroatoms. The van der Waals surface area contributed by atoms with Crippen molar-refractivity contribution >= 4 is 39.3 Å². The highest BCUT2D eigenvalue weighted by Gasteiger charge is 2.25. The van der Waals surface area contributed by atoms with Gasteiger partial charge in [0.15, 0.2) is 11.0 Å². The van der Waals surface area contributed by atoms with E-state index >= 15 is 0 Å². The lowest BCUT2D eigenvalue weighted by Crippen LogP contribution is -2.30. The van der Waals surface area contributed by atoms with E-state index in [0.717, 1.165) is 22.1 Å². The Hall–Kier alpha value is -4.00. The lowest BCUT2D eigenvalue weighted by Gasteiger charge is -2.17. The lowest BCUT2D eigenvalue weighted by atomic mass is 10.2. The van der Waals surface area contributed by atoms with Crippen molar-refractivity contribution in [2.24, 2.45) is 0 Å². The molecule has 2 heterocycles. The zero-order chi connectivity index (χ0) is 28.3. The minimum Gasteiger partial charge on any atom is -0.345 e. The normalized spacial score (nSPS) is 12.9. The van der Waals surface area contributed by atoms with E-state index in [1.54, 1.807) is 0 Å². The number of sulfonamides is 1. The van der Waals surface area contributed by atoms with E-state index < -0.39 is 10.0 Å². The number of nitrogens with zero attached hydrogens (tertiary/aromatic N) is 5. The quantitative estimate of drug-likeness (QED) is 0.304. The van der Waals surface area contributed by atoms with Crippen LogP contribution in [0.15, 0.2) is 88.9 Å². The Morgan fingerprint density at radius 2 is 1.65 bits per heavy atom. The van der Waals surface area contributed by atoms with Crippen LogP contribution in [0.4, 0.5) is 5.69 Å². The van der Waals surface area contributed by atoms with Gasteiger partial charge in [-0.05, 0) is 54.4 Å². The van der Waals surface area contributed by atoms with Crippen molar-refractivity contribution < 1.29 is 18.0 Å². The number of nitrogens with one attached hydrogen (secondary N) is 1. The predicted octanol–water partition coefficient (Wildman–Crippen LogP) is 3.13. The molecule has 1 aromatic heterocycles. The van der Waals surface area contributed by atoms with Crippen LogP contribution < -0.4 is 10.2 Å². The number of amides is 2. The Balaban J connectivity index is 1.30. The first-order valence-electron chi connectivity index (χ1n) is 12.6. The molecule has 40 heavy (non-hydrogen) atoms. The van der Waals surface area contributed by atoms with Gasteiger partial charge in [0.1, 0.15) is 0 Å². The van der Waals surface area contributed by atoms with Gasteiger partial charge in [0.2, 0.25) is 15.9 Å². The van der Waals surface area contributed by atoms with Crippen LogP contribution >= 0.6 is 11.8 Å². The Kier molecular flexibility index (Phi) is 8.01. The molecule has 0 spiro atoms. The summed E-state index contributed by atoms with van der Waals surface area (Å²) in [5.74, 6) is 0.293. The fourth-order valence-electron chi connectivity index (χ4n) is 4.40. The van der Waals surface area contributed by atoms with Crippen molar-refractivity contribution in [3.05, 3.63) is 95.8 Å². The number of anilines is 1. The van der Waals surface area contributed by atoms with E-state index in [1.165, 1.54) is 55.7 Å². The largest absolute Gasteiger partial charge is 0.345 e. The number of carbonyl (C=O) groups is 2. The standard InChI is InChI=1S/C28H28N6O4S2/c1-32(2)40(37,38)23-14-12-21(13-15-23)27(36)29-18-25-30-31-28(34(25)22-9-4-3-5-10-22)39-19-26(35)33-17-16-20-8-6-7-11-24(20)33/h3-15H,16-19H2,1-2H3,(H,29,36). The van der Waals surface area contributed by atoms with Gasteiger partial charge in [-0.25, -0.2) is 12.7 Å². The van der Waals surface area contributed by atoms with Crippen molar-refractivity contribution in [1.29, 1.82) is 0 Å². The Bertz CT molecular complexity index is 1640. The highest BCUT2D eigenvalue weighted by atomic mass is 32.2. The second-order valence-electron chi connectivity index (χ2n) is 9.28. The number of rotatable bonds is 9. The van der Waals surface area contributed by atoms with E-state index in [2.05, 4.69) is 15.5 Å². The molecule has 0 radical (unpaired) electrons. The highest BCUT2D eigenvalue weighted by molar-refractivity contribution is 7.99. The monoisotopic (exact) mass is 576 g/mol. The van der Waals surface area contributed by atoms with Gasteiger partial charge < -0.3 is 10.2 Å². The average Bonchev–Trinajstić information content (AvgIpc) is 3.59. The summed E-state index contributed by atoms with van der Waals surface area (Å²) in [5.41, 5.74) is 3.24. The van der Waals surface area contributed by atoms with E-state index in [1.807, 2.05) is 64.1 Å². The minimum atomic E-state index is -3.59. The molecular formula is C28H28N6O4S2. The molecule has 5 rings (SSSR count). The molecule has 206 valence electrons. The number of hydrogen-bond donors (Lipinski definition) is 1. The van der Waals surface area contributed by atoms with E-state index in [-0.39, 0.29) is 29.0 Å². The molecule has 1 N–H and O–H groups in total. The fraction of sp³-hybridized carbons (Fsp3) is 0.214. The summed E-state index contributed by atoms with van der Waals surface area (Å²) in [4.78, 5) is 27.8. The number of benzene rings is 3. The fourth-order valence-corrected chi connectivity index (χ4v) is 6.15. The first-order valence-corrected chi connectivity index (χ1v) is 15.0. The van der Waals surface area contributed by atoms with Crippen LogP contribution in [-0.4, -0.2) is 65.7 Å². The van der Waals surface area contributed by atoms with Crippen LogP contribution in [0.2, 0.25) is 0 Å². The molecule has 0 atom stereocenters. The number of aromatic nitrogens is 3. The number of fused-ring (bicyclic) bond motifs is 1. The summed E-state index contributed by atoms with van der Waals surface area (Å²) in [7, 11) is -0.687. The first kappa shape index (κ1) is 27.6. The molecule has 1 aliphatic rings. The SMILES string of the molecule is CN(C)S(=O)(=O)c1ccc(C(=O)NCc2nnc(SCC(=O)N3CCc4ccccc43)n2-c2ccccc2)cc1. The van der Waals surface area contributed by atoms with Crippen LogP contribution in [0.25, 0.3) is 5.69 Å². The zero-order valence-corrected chi connectivity index (χ0v) is 23.7. The Labute approximate surface area is 237 Å². The zero-order valence-electron chi connectivity index (χ0n) is 22.0. The number of thioether (sulfide) groups is 1. The highest BCUT2D eigenvalue weighted by Crippen LogP contribution is 2.29. The second-order valence-corrected chi connectivity index (χ2v) is 12.4. The van der Waals surface area contributed by atoms with Gasteiger partial charge in [0.25, 0.3) is 5.91 Å². The molecule has 3 aromatic carbocycles. The number of para-hydroxylation sites is 2. The third-order valence-corrected chi connectivity index (χ3v) is 9.27. The second kappa shape index (κ2) is 11.6. The summed E-state index contributed by atoms with van der Waals surface area (Å²) >= 11 is 1.29. The van der Waals surface area contributed by atoms with Crippen LogP contribution in [0, 0.1) is 0 Å². The third-order valence-electron chi connectivity index (χ3n) is 6.53. The molecule has 0 saturated carbocycles. The van der Waals surface area contributed by atoms with Crippen LogP contribution in [0.1, 0.15) is 21.7 Å². The summed E-state index contributed by atoms with van der Waals surface area (Å²) < 4.78 is 27.5. The minimum absolute atomic E-state index is 0.00728. The third kappa shape index (κ3) is 5.64. The van der Waals surface area contributed by atoms with Gasteiger partial charge in [-0.2, -0.15) is 0 Å². The van der Waals surface area contributed by atoms with Gasteiger partial charge >= 0.3 is 0 Å². The maximum Gasteiger partial charge on any atom is 0.251 e. The topological polar surface area (TPSA) is 118 Å². The van der Waals surface area contributed by atoms with E-state index in [0.29, 0.717) is 23.1 Å². The molecule has 2 amide bonds. The molecular weight excluding hydrogens is 548 g/mol. The average molecular weight is 577 g/mol. The van der Waals surface area contributed by atoms with E-state index in [4.69, 9.17) is 0 Å². The molecule has 0 aliphatic carbocycles. The van der Waals surface area contributed by atoms with Crippen molar-refractivity contribution in [3.8, 4) is 5.69 Å². The van der Waals surface area contributed by atoms with Crippen LogP contribution in [0.3, 0.4) is 0 Å². The van der Waals surface area contributed by atoms with Gasteiger partial charge in [-0.15, -0.1) is 10.2 Å². The smallest absolute Gasteiger partial charge is 0.251 e. The number of carbonyl (C=O) groups excluding carboxylic acids is 2. The van der Waals surface area contributed by atoms with Crippen molar-refractivity contribution in [2.75, 3.05) is 31.3 Å². The molecule has 1 aliphatic heterocycles. The van der Waals surface area contributed by atoms with Gasteiger partial charge in [0, 0.05) is 37.6 Å².